The molecule has 0 amide bonds. The number of hydrogen-bond acceptors (Lipinski definition) is 2. The van der Waals surface area contributed by atoms with E-state index in [0.717, 1.165) is 5.57 Å². The van der Waals surface area contributed by atoms with E-state index in [9.17, 15) is 0 Å². The molecule has 0 rings (SSSR count). The quantitative estimate of drug-likeness (QED) is 0.623. The Morgan fingerprint density at radius 2 is 1.25 bits per heavy atom. The molecule has 0 heterocycles. The standard InChI is InChI=1S/C5H11N.2C2H6.CH2O/c1-4(2)5(3)6;3*1-2/h5H,1,6H2,2-3H3;2*1-2H3;1H2. The van der Waals surface area contributed by atoms with Crippen molar-refractivity contribution in [3.8, 4) is 0 Å². The molecule has 0 spiro atoms. The predicted molar refractivity (Wildman–Crippen MR) is 58.3 cm³/mol. The highest BCUT2D eigenvalue weighted by Gasteiger charge is 1.87. The van der Waals surface area contributed by atoms with Gasteiger partial charge in [0.15, 0.2) is 0 Å². The van der Waals surface area contributed by atoms with Crippen molar-refractivity contribution in [1.82, 2.24) is 0 Å². The van der Waals surface area contributed by atoms with Gasteiger partial charge in [0.05, 0.1) is 0 Å². The van der Waals surface area contributed by atoms with Crippen LogP contribution in [-0.2, 0) is 4.79 Å². The Balaban J connectivity index is -0.0000000453. The van der Waals surface area contributed by atoms with Gasteiger partial charge in [0, 0.05) is 6.04 Å². The van der Waals surface area contributed by atoms with Crippen LogP contribution in [0.3, 0.4) is 0 Å². The van der Waals surface area contributed by atoms with E-state index < -0.39 is 0 Å². The van der Waals surface area contributed by atoms with Gasteiger partial charge in [0.2, 0.25) is 0 Å². The van der Waals surface area contributed by atoms with Gasteiger partial charge in [-0.25, -0.2) is 0 Å². The molecule has 0 bridgehead atoms. The third-order valence-electron chi connectivity index (χ3n) is 0.777. The van der Waals surface area contributed by atoms with Crippen molar-refractivity contribution in [2.24, 2.45) is 5.73 Å². The maximum absolute atomic E-state index is 8.00. The summed E-state index contributed by atoms with van der Waals surface area (Å²) >= 11 is 0. The maximum atomic E-state index is 8.00. The Morgan fingerprint density at radius 1 is 1.17 bits per heavy atom. The fraction of sp³-hybridized carbons (Fsp3) is 0.700. The van der Waals surface area contributed by atoms with Crippen LogP contribution in [0.15, 0.2) is 12.2 Å². The summed E-state index contributed by atoms with van der Waals surface area (Å²) in [5, 5.41) is 0. The van der Waals surface area contributed by atoms with E-state index in [4.69, 9.17) is 10.5 Å². The summed E-state index contributed by atoms with van der Waals surface area (Å²) in [6, 6.07) is 0.157. The molecule has 0 fully saturated rings. The van der Waals surface area contributed by atoms with E-state index in [1.165, 1.54) is 0 Å². The third kappa shape index (κ3) is 57.8. The molecule has 0 aliphatic heterocycles. The SMILES string of the molecule is C=C(C)C(C)N.C=O.CC.CC. The highest BCUT2D eigenvalue weighted by Crippen LogP contribution is 1.88. The van der Waals surface area contributed by atoms with Gasteiger partial charge in [-0.1, -0.05) is 39.8 Å². The van der Waals surface area contributed by atoms with Gasteiger partial charge in [-0.05, 0) is 13.8 Å². The largest absolute Gasteiger partial charge is 0.324 e. The lowest BCUT2D eigenvalue weighted by molar-refractivity contribution is -0.0979. The average molecular weight is 175 g/mol. The first-order valence-corrected chi connectivity index (χ1v) is 4.34. The fourth-order valence-electron chi connectivity index (χ4n) is 0. The molecule has 0 radical (unpaired) electrons. The number of nitrogens with two attached hydrogens (primary N) is 1. The molecular weight excluding hydrogens is 150 g/mol. The van der Waals surface area contributed by atoms with Crippen LogP contribution in [0.2, 0.25) is 0 Å². The molecule has 1 atom stereocenters. The Morgan fingerprint density at radius 3 is 1.25 bits per heavy atom. The van der Waals surface area contributed by atoms with Crippen LogP contribution in [0.25, 0.3) is 0 Å². The predicted octanol–water partition coefficient (Wildman–Crippen LogP) is 2.78. The molecule has 0 aromatic rings. The maximum Gasteiger partial charge on any atom is 0.106 e. The first-order chi connectivity index (χ1) is 5.64. The van der Waals surface area contributed by atoms with Crippen LogP contribution in [0.4, 0.5) is 0 Å². The molecule has 1 unspecified atom stereocenters. The molecule has 0 aliphatic carbocycles. The molecular formula is C10H25NO. The van der Waals surface area contributed by atoms with Gasteiger partial charge in [0.25, 0.3) is 0 Å². The van der Waals surface area contributed by atoms with Gasteiger partial charge in [-0.2, -0.15) is 0 Å². The van der Waals surface area contributed by atoms with Crippen molar-refractivity contribution < 1.29 is 4.79 Å². The van der Waals surface area contributed by atoms with E-state index in [0.29, 0.717) is 0 Å². The van der Waals surface area contributed by atoms with Crippen LogP contribution in [0.1, 0.15) is 41.5 Å². The Kier molecular flexibility index (Phi) is 59.2. The Labute approximate surface area is 77.9 Å². The summed E-state index contributed by atoms with van der Waals surface area (Å²) in [6.45, 7) is 17.5. The number of carbonyl (C=O) groups excluding carboxylic acids is 1. The van der Waals surface area contributed by atoms with E-state index in [2.05, 4.69) is 6.58 Å². The molecule has 0 aromatic carbocycles. The molecule has 2 heteroatoms. The highest BCUT2D eigenvalue weighted by molar-refractivity contribution is 5.10. The van der Waals surface area contributed by atoms with E-state index >= 15 is 0 Å². The van der Waals surface area contributed by atoms with Crippen molar-refractivity contribution in [2.75, 3.05) is 0 Å². The van der Waals surface area contributed by atoms with E-state index in [1.807, 2.05) is 48.3 Å². The first kappa shape index (κ1) is 22.5. The smallest absolute Gasteiger partial charge is 0.106 e. The summed E-state index contributed by atoms with van der Waals surface area (Å²) in [5.74, 6) is 0. The molecule has 0 aliphatic rings. The topological polar surface area (TPSA) is 43.1 Å². The zero-order chi connectivity index (χ0) is 11.2. The van der Waals surface area contributed by atoms with Crippen molar-refractivity contribution in [3.05, 3.63) is 12.2 Å². The van der Waals surface area contributed by atoms with Crippen molar-refractivity contribution in [3.63, 3.8) is 0 Å². The number of hydrogen-bond donors (Lipinski definition) is 1. The third-order valence-corrected chi connectivity index (χ3v) is 0.777. The Bertz CT molecular complexity index is 70.2. The second-order valence-corrected chi connectivity index (χ2v) is 1.64. The van der Waals surface area contributed by atoms with E-state index in [1.54, 1.807) is 0 Å². The summed E-state index contributed by atoms with van der Waals surface area (Å²) in [7, 11) is 0. The van der Waals surface area contributed by atoms with Crippen LogP contribution in [0, 0.1) is 0 Å². The number of carbonyl (C=O) groups is 1. The summed E-state index contributed by atoms with van der Waals surface area (Å²) in [6.07, 6.45) is 0. The molecule has 76 valence electrons. The molecule has 12 heavy (non-hydrogen) atoms. The normalized spacial score (nSPS) is 8.25. The van der Waals surface area contributed by atoms with Crippen molar-refractivity contribution in [1.29, 1.82) is 0 Å². The van der Waals surface area contributed by atoms with Gasteiger partial charge < -0.3 is 10.5 Å². The van der Waals surface area contributed by atoms with E-state index in [-0.39, 0.29) is 6.04 Å². The minimum absolute atomic E-state index is 0.157. The van der Waals surface area contributed by atoms with Crippen molar-refractivity contribution in [2.45, 2.75) is 47.6 Å². The second kappa shape index (κ2) is 31.6. The molecule has 0 saturated heterocycles. The van der Waals surface area contributed by atoms with Gasteiger partial charge in [-0.3, -0.25) is 0 Å². The first-order valence-electron chi connectivity index (χ1n) is 4.34. The fourth-order valence-corrected chi connectivity index (χ4v) is 0. The lowest BCUT2D eigenvalue weighted by atomic mass is 10.2. The Hall–Kier alpha value is -0.630. The van der Waals surface area contributed by atoms with Gasteiger partial charge >= 0.3 is 0 Å². The highest BCUT2D eigenvalue weighted by atomic mass is 16.1. The molecule has 2 nitrogen and oxygen atoms in total. The molecule has 0 aromatic heterocycles. The summed E-state index contributed by atoms with van der Waals surface area (Å²) in [5.41, 5.74) is 6.37. The molecule has 2 N–H and O–H groups in total. The minimum atomic E-state index is 0.157. The minimum Gasteiger partial charge on any atom is -0.324 e. The van der Waals surface area contributed by atoms with Crippen LogP contribution < -0.4 is 5.73 Å². The summed E-state index contributed by atoms with van der Waals surface area (Å²) in [4.78, 5) is 8.00. The molecule has 0 saturated carbocycles. The van der Waals surface area contributed by atoms with Gasteiger partial charge in [-0.15, -0.1) is 0 Å². The zero-order valence-corrected chi connectivity index (χ0v) is 9.48. The van der Waals surface area contributed by atoms with Crippen LogP contribution >= 0.6 is 0 Å². The lowest BCUT2D eigenvalue weighted by Crippen LogP contribution is -2.14. The van der Waals surface area contributed by atoms with Crippen LogP contribution in [0.5, 0.6) is 0 Å². The second-order valence-electron chi connectivity index (χ2n) is 1.64. The zero-order valence-electron chi connectivity index (χ0n) is 9.48. The lowest BCUT2D eigenvalue weighted by Gasteiger charge is -1.98. The number of rotatable bonds is 1. The summed E-state index contributed by atoms with van der Waals surface area (Å²) < 4.78 is 0. The van der Waals surface area contributed by atoms with Crippen LogP contribution in [-0.4, -0.2) is 12.8 Å². The van der Waals surface area contributed by atoms with Crippen molar-refractivity contribution >= 4 is 6.79 Å². The van der Waals surface area contributed by atoms with Gasteiger partial charge in [0.1, 0.15) is 6.79 Å². The monoisotopic (exact) mass is 175 g/mol. The average Bonchev–Trinajstić information content (AvgIpc) is 2.14.